The van der Waals surface area contributed by atoms with Gasteiger partial charge in [-0.3, -0.25) is 14.9 Å². The fraction of sp³-hybridized carbons (Fsp3) is 0.0455. The van der Waals surface area contributed by atoms with Gasteiger partial charge < -0.3 is 18.8 Å². The van der Waals surface area contributed by atoms with Gasteiger partial charge in [0.2, 0.25) is 0 Å². The Balaban J connectivity index is 1.54. The highest BCUT2D eigenvalue weighted by Crippen LogP contribution is 2.33. The third-order valence-electron chi connectivity index (χ3n) is 4.74. The van der Waals surface area contributed by atoms with E-state index in [4.69, 9.17) is 9.15 Å². The van der Waals surface area contributed by atoms with Crippen LogP contribution in [-0.4, -0.2) is 39.8 Å². The molecule has 4 aromatic rings. The zero-order valence-corrected chi connectivity index (χ0v) is 17.1. The topological polar surface area (TPSA) is 149 Å². The van der Waals surface area contributed by atoms with E-state index in [0.29, 0.717) is 16.8 Å². The van der Waals surface area contributed by atoms with Crippen LogP contribution in [0.1, 0.15) is 26.6 Å². The van der Waals surface area contributed by atoms with Gasteiger partial charge in [-0.25, -0.2) is 10.2 Å². The zero-order chi connectivity index (χ0) is 23.5. The molecule has 0 atom stereocenters. The summed E-state index contributed by atoms with van der Waals surface area (Å²) in [4.78, 5) is 34.2. The molecule has 166 valence electrons. The van der Waals surface area contributed by atoms with Crippen molar-refractivity contribution >= 4 is 34.7 Å². The fourth-order valence-electron chi connectivity index (χ4n) is 3.21. The smallest absolute Gasteiger partial charge is 0.335 e. The van der Waals surface area contributed by atoms with Crippen molar-refractivity contribution in [1.82, 2.24) is 9.99 Å². The SMILES string of the molecule is COc1cc([N+](=O)[O-])cc2cc(C(=O)N/N=C\c3cccn3-c3cccc(C(=O)O)c3)oc12. The lowest BCUT2D eigenvalue weighted by Gasteiger charge is -2.07. The minimum Gasteiger partial charge on any atom is -0.493 e. The molecule has 11 nitrogen and oxygen atoms in total. The van der Waals surface area contributed by atoms with Crippen molar-refractivity contribution in [3.05, 3.63) is 87.9 Å². The number of methoxy groups -OCH3 is 1. The van der Waals surface area contributed by atoms with Gasteiger partial charge in [-0.05, 0) is 36.4 Å². The van der Waals surface area contributed by atoms with Crippen LogP contribution in [-0.2, 0) is 0 Å². The number of fused-ring (bicyclic) bond motifs is 1. The molecule has 33 heavy (non-hydrogen) atoms. The van der Waals surface area contributed by atoms with Crippen molar-refractivity contribution in [2.75, 3.05) is 7.11 Å². The molecule has 2 aromatic carbocycles. The van der Waals surface area contributed by atoms with Gasteiger partial charge in [-0.15, -0.1) is 0 Å². The monoisotopic (exact) mass is 448 g/mol. The first-order valence-corrected chi connectivity index (χ1v) is 9.48. The Kier molecular flexibility index (Phi) is 5.60. The second-order valence-electron chi connectivity index (χ2n) is 6.79. The molecule has 0 radical (unpaired) electrons. The molecule has 0 bridgehead atoms. The lowest BCUT2D eigenvalue weighted by atomic mass is 10.2. The number of carbonyl (C=O) groups excluding carboxylic acids is 1. The number of aromatic carboxylic acids is 1. The summed E-state index contributed by atoms with van der Waals surface area (Å²) in [6, 6.07) is 13.7. The first-order chi connectivity index (χ1) is 15.9. The number of hydrazone groups is 1. The summed E-state index contributed by atoms with van der Waals surface area (Å²) in [5.41, 5.74) is 3.67. The number of nitrogens with one attached hydrogen (secondary N) is 1. The van der Waals surface area contributed by atoms with E-state index >= 15 is 0 Å². The summed E-state index contributed by atoms with van der Waals surface area (Å²) in [5.74, 6) is -1.69. The number of benzene rings is 2. The number of nitro benzene ring substituents is 1. The highest BCUT2D eigenvalue weighted by Gasteiger charge is 2.19. The molecule has 0 spiro atoms. The van der Waals surface area contributed by atoms with E-state index in [1.54, 1.807) is 35.0 Å². The quantitative estimate of drug-likeness (QED) is 0.249. The predicted octanol–water partition coefficient (Wildman–Crippen LogP) is 3.60. The van der Waals surface area contributed by atoms with Crippen molar-refractivity contribution in [2.45, 2.75) is 0 Å². The van der Waals surface area contributed by atoms with Crippen LogP contribution in [0.15, 0.2) is 70.3 Å². The predicted molar refractivity (Wildman–Crippen MR) is 117 cm³/mol. The third kappa shape index (κ3) is 4.28. The lowest BCUT2D eigenvalue weighted by Crippen LogP contribution is -2.17. The number of carbonyl (C=O) groups is 2. The van der Waals surface area contributed by atoms with Gasteiger partial charge in [0.15, 0.2) is 17.1 Å². The number of amides is 1. The molecule has 0 fully saturated rings. The van der Waals surface area contributed by atoms with Gasteiger partial charge in [0, 0.05) is 23.3 Å². The van der Waals surface area contributed by atoms with E-state index in [-0.39, 0.29) is 28.3 Å². The molecule has 0 unspecified atom stereocenters. The average Bonchev–Trinajstić information content (AvgIpc) is 3.45. The maximum absolute atomic E-state index is 12.5. The van der Waals surface area contributed by atoms with Crippen LogP contribution < -0.4 is 10.2 Å². The maximum atomic E-state index is 12.5. The summed E-state index contributed by atoms with van der Waals surface area (Å²) in [5, 5.41) is 24.5. The number of carboxylic acid groups (broad SMARTS) is 1. The van der Waals surface area contributed by atoms with E-state index in [9.17, 15) is 24.8 Å². The number of hydrogen-bond donors (Lipinski definition) is 2. The van der Waals surface area contributed by atoms with Gasteiger partial charge in [0.1, 0.15) is 0 Å². The maximum Gasteiger partial charge on any atom is 0.335 e. The van der Waals surface area contributed by atoms with Crippen molar-refractivity contribution in [1.29, 1.82) is 0 Å². The molecule has 0 aliphatic heterocycles. The second kappa shape index (κ2) is 8.67. The van der Waals surface area contributed by atoms with Gasteiger partial charge in [0.05, 0.1) is 35.6 Å². The molecule has 0 saturated carbocycles. The normalized spacial score (nSPS) is 11.1. The minimum absolute atomic E-state index is 0.106. The fourth-order valence-corrected chi connectivity index (χ4v) is 3.21. The number of nitrogens with zero attached hydrogens (tertiary/aromatic N) is 3. The third-order valence-corrected chi connectivity index (χ3v) is 4.74. The van der Waals surface area contributed by atoms with Crippen LogP contribution in [0.5, 0.6) is 5.75 Å². The number of nitro groups is 1. The van der Waals surface area contributed by atoms with Crippen molar-refractivity contribution in [2.24, 2.45) is 5.10 Å². The number of non-ortho nitro benzene ring substituents is 1. The number of hydrogen-bond acceptors (Lipinski definition) is 7. The van der Waals surface area contributed by atoms with E-state index in [1.807, 2.05) is 0 Å². The van der Waals surface area contributed by atoms with Crippen LogP contribution in [0.2, 0.25) is 0 Å². The Morgan fingerprint density at radius 3 is 2.76 bits per heavy atom. The first kappa shape index (κ1) is 21.3. The average molecular weight is 448 g/mol. The molecular weight excluding hydrogens is 432 g/mol. The molecule has 4 rings (SSSR count). The van der Waals surface area contributed by atoms with Crippen LogP contribution in [0.25, 0.3) is 16.7 Å². The van der Waals surface area contributed by atoms with E-state index in [0.717, 1.165) is 0 Å². The largest absolute Gasteiger partial charge is 0.493 e. The number of carboxylic acids is 1. The van der Waals surface area contributed by atoms with Crippen molar-refractivity contribution in [3.8, 4) is 11.4 Å². The van der Waals surface area contributed by atoms with E-state index in [2.05, 4.69) is 10.5 Å². The standard InChI is InChI=1S/C22H16N4O7/c1-32-18-11-17(26(30)31)9-14-10-19(33-20(14)18)21(27)24-23-12-16-6-3-7-25(16)15-5-2-4-13(8-15)22(28)29/h2-12H,1H3,(H,24,27)(H,28,29)/b23-12-. The van der Waals surface area contributed by atoms with Crippen LogP contribution in [0.3, 0.4) is 0 Å². The number of ether oxygens (including phenoxy) is 1. The highest BCUT2D eigenvalue weighted by atomic mass is 16.6. The van der Waals surface area contributed by atoms with Gasteiger partial charge >= 0.3 is 11.9 Å². The van der Waals surface area contributed by atoms with Crippen LogP contribution in [0.4, 0.5) is 5.69 Å². The molecule has 2 N–H and O–H groups in total. The highest BCUT2D eigenvalue weighted by molar-refractivity contribution is 5.98. The molecular formula is C22H16N4O7. The summed E-state index contributed by atoms with van der Waals surface area (Å²) < 4.78 is 12.3. The van der Waals surface area contributed by atoms with E-state index < -0.39 is 16.8 Å². The Morgan fingerprint density at radius 1 is 1.21 bits per heavy atom. The first-order valence-electron chi connectivity index (χ1n) is 9.48. The molecule has 0 aliphatic rings. The molecule has 11 heteroatoms. The Morgan fingerprint density at radius 2 is 2.03 bits per heavy atom. The van der Waals surface area contributed by atoms with Crippen molar-refractivity contribution in [3.63, 3.8) is 0 Å². The molecule has 1 amide bonds. The lowest BCUT2D eigenvalue weighted by molar-refractivity contribution is -0.384. The van der Waals surface area contributed by atoms with Gasteiger partial charge in [0.25, 0.3) is 5.69 Å². The molecule has 0 aliphatic carbocycles. The van der Waals surface area contributed by atoms with Crippen LogP contribution in [0, 0.1) is 10.1 Å². The van der Waals surface area contributed by atoms with Crippen LogP contribution >= 0.6 is 0 Å². The summed E-state index contributed by atoms with van der Waals surface area (Å²) in [7, 11) is 1.34. The Hall–Kier alpha value is -4.93. The number of rotatable bonds is 7. The summed E-state index contributed by atoms with van der Waals surface area (Å²) in [6.07, 6.45) is 3.11. The summed E-state index contributed by atoms with van der Waals surface area (Å²) >= 11 is 0. The van der Waals surface area contributed by atoms with E-state index in [1.165, 1.54) is 43.7 Å². The van der Waals surface area contributed by atoms with Gasteiger partial charge in [-0.1, -0.05) is 6.07 Å². The molecule has 0 saturated heterocycles. The van der Waals surface area contributed by atoms with Gasteiger partial charge in [-0.2, -0.15) is 5.10 Å². The Labute approximate surface area is 185 Å². The zero-order valence-electron chi connectivity index (χ0n) is 17.1. The summed E-state index contributed by atoms with van der Waals surface area (Å²) in [6.45, 7) is 0. The number of furan rings is 1. The second-order valence-corrected chi connectivity index (χ2v) is 6.79. The Bertz CT molecular complexity index is 1420. The van der Waals surface area contributed by atoms with Crippen molar-refractivity contribution < 1.29 is 28.8 Å². The molecule has 2 aromatic heterocycles. The molecule has 2 heterocycles. The number of aromatic nitrogens is 1. The minimum atomic E-state index is -1.04.